The molecule has 9 nitrogen and oxygen atoms in total. The predicted molar refractivity (Wildman–Crippen MR) is 139 cm³/mol. The van der Waals surface area contributed by atoms with Gasteiger partial charge in [0.2, 0.25) is 10.0 Å². The van der Waals surface area contributed by atoms with Crippen molar-refractivity contribution in [1.82, 2.24) is 9.62 Å². The Labute approximate surface area is 214 Å². The molecular formula is C25H36N4O5S2. The molecule has 3 aliphatic carbocycles. The molecule has 2 bridgehead atoms. The van der Waals surface area contributed by atoms with Crippen LogP contribution in [0.15, 0.2) is 34.5 Å². The van der Waals surface area contributed by atoms with E-state index in [1.807, 2.05) is 0 Å². The normalized spacial score (nSPS) is 31.7. The summed E-state index contributed by atoms with van der Waals surface area (Å²) in [6.07, 6.45) is 6.45. The molecule has 6 rings (SSSR count). The van der Waals surface area contributed by atoms with Crippen LogP contribution < -0.4 is 14.8 Å². The maximum Gasteiger partial charge on any atom is 0.265 e. The summed E-state index contributed by atoms with van der Waals surface area (Å²) in [5.41, 5.74) is 1.11. The first-order valence-corrected chi connectivity index (χ1v) is 16.0. The molecule has 0 amide bonds. The highest BCUT2D eigenvalue weighted by Gasteiger charge is 2.53. The van der Waals surface area contributed by atoms with E-state index in [4.69, 9.17) is 0 Å². The lowest BCUT2D eigenvalue weighted by Gasteiger charge is -2.55. The zero-order valence-corrected chi connectivity index (χ0v) is 22.9. The Kier molecular flexibility index (Phi) is 6.19. The van der Waals surface area contributed by atoms with Gasteiger partial charge in [-0.3, -0.25) is 19.1 Å². The SMILES string of the molecule is CC(C)(C)CCN1C/C(=C2\Nc3ccc(NS(C)(=O)=O)cc3S(=O)(=O)N2)C(=O)[C@@H]2C3CCC(CC3)[C@@H]21. The zero-order valence-electron chi connectivity index (χ0n) is 21.3. The molecule has 0 radical (unpaired) electrons. The first-order valence-electron chi connectivity index (χ1n) is 12.6. The second-order valence-corrected chi connectivity index (χ2v) is 15.4. The Morgan fingerprint density at radius 3 is 2.42 bits per heavy atom. The lowest BCUT2D eigenvalue weighted by atomic mass is 9.58. The molecule has 0 spiro atoms. The average molecular weight is 537 g/mol. The zero-order chi connectivity index (χ0) is 26.0. The molecule has 2 heterocycles. The Balaban J connectivity index is 1.51. The number of hydrogen-bond acceptors (Lipinski definition) is 7. The molecule has 1 aromatic rings. The summed E-state index contributed by atoms with van der Waals surface area (Å²) in [5.74, 6) is 1.05. The second kappa shape index (κ2) is 8.73. The number of carbonyl (C=O) groups is 1. The molecule has 1 saturated heterocycles. The molecule has 4 fully saturated rings. The Morgan fingerprint density at radius 1 is 1.11 bits per heavy atom. The number of anilines is 2. The van der Waals surface area contributed by atoms with Gasteiger partial charge >= 0.3 is 0 Å². The van der Waals surface area contributed by atoms with Crippen molar-refractivity contribution in [3.05, 3.63) is 29.6 Å². The van der Waals surface area contributed by atoms with Crippen molar-refractivity contribution in [2.24, 2.45) is 23.2 Å². The molecular weight excluding hydrogens is 500 g/mol. The third kappa shape index (κ3) is 4.89. The largest absolute Gasteiger partial charge is 0.340 e. The number of Topliss-reactive ketones (excluding diaryl/α,β-unsaturated/α-hetero) is 1. The maximum absolute atomic E-state index is 13.9. The quantitative estimate of drug-likeness (QED) is 0.505. The Morgan fingerprint density at radius 2 is 1.78 bits per heavy atom. The van der Waals surface area contributed by atoms with E-state index < -0.39 is 20.0 Å². The van der Waals surface area contributed by atoms with E-state index in [0.29, 0.717) is 29.6 Å². The monoisotopic (exact) mass is 536 g/mol. The van der Waals surface area contributed by atoms with Crippen LogP contribution in [-0.4, -0.2) is 52.9 Å². The highest BCUT2D eigenvalue weighted by Crippen LogP contribution is 2.50. The van der Waals surface area contributed by atoms with E-state index in [-0.39, 0.29) is 39.6 Å². The van der Waals surface area contributed by atoms with Gasteiger partial charge in [0.1, 0.15) is 10.7 Å². The van der Waals surface area contributed by atoms with Gasteiger partial charge < -0.3 is 5.32 Å². The molecule has 36 heavy (non-hydrogen) atoms. The third-order valence-electron chi connectivity index (χ3n) is 8.08. The number of fused-ring (bicyclic) bond motifs is 3. The van der Waals surface area contributed by atoms with Crippen LogP contribution in [0.2, 0.25) is 0 Å². The number of sulfonamides is 2. The van der Waals surface area contributed by atoms with Crippen molar-refractivity contribution in [3.63, 3.8) is 0 Å². The highest BCUT2D eigenvalue weighted by molar-refractivity contribution is 7.92. The molecule has 3 saturated carbocycles. The smallest absolute Gasteiger partial charge is 0.265 e. The van der Waals surface area contributed by atoms with Gasteiger partial charge in [-0.15, -0.1) is 0 Å². The molecule has 11 heteroatoms. The fourth-order valence-electron chi connectivity index (χ4n) is 6.42. The number of hydrogen-bond donors (Lipinski definition) is 3. The van der Waals surface area contributed by atoms with E-state index in [2.05, 4.69) is 40.4 Å². The van der Waals surface area contributed by atoms with Crippen LogP contribution in [0, 0.1) is 23.2 Å². The molecule has 1 aromatic carbocycles. The number of carbonyl (C=O) groups excluding carboxylic acids is 1. The summed E-state index contributed by atoms with van der Waals surface area (Å²) in [4.78, 5) is 16.3. The van der Waals surface area contributed by atoms with Gasteiger partial charge in [-0.2, -0.15) is 0 Å². The van der Waals surface area contributed by atoms with E-state index in [1.54, 1.807) is 0 Å². The average Bonchev–Trinajstić information content (AvgIpc) is 2.77. The standard InChI is InChI=1S/C25H36N4O5S2/c1-25(2,3)11-12-29-14-18(23(30)21-15-5-7-16(8-6-15)22(21)29)24-26-19-10-9-17(27-35(4,31)32)13-20(19)36(33,34)28-24/h9-10,13,15-16,21-22,26-28H,5-8,11-12,14H2,1-4H3/b24-18-/t15?,16?,21-,22+/m1/s1. The lowest BCUT2D eigenvalue weighted by Crippen LogP contribution is -2.61. The topological polar surface area (TPSA) is 125 Å². The van der Waals surface area contributed by atoms with Gasteiger partial charge in [0.15, 0.2) is 5.78 Å². The first-order chi connectivity index (χ1) is 16.7. The molecule has 5 aliphatic rings. The van der Waals surface area contributed by atoms with Crippen molar-refractivity contribution >= 4 is 37.2 Å². The van der Waals surface area contributed by atoms with Crippen molar-refractivity contribution in [2.75, 3.05) is 29.4 Å². The van der Waals surface area contributed by atoms with Crippen LogP contribution in [-0.2, 0) is 24.8 Å². The number of nitrogens with one attached hydrogen (secondary N) is 3. The van der Waals surface area contributed by atoms with Crippen molar-refractivity contribution < 1.29 is 21.6 Å². The number of ketones is 1. The minimum atomic E-state index is -4.01. The van der Waals surface area contributed by atoms with Crippen molar-refractivity contribution in [2.45, 2.75) is 63.8 Å². The Bertz CT molecular complexity index is 1320. The second-order valence-electron chi connectivity index (χ2n) is 12.0. The molecule has 198 valence electrons. The van der Waals surface area contributed by atoms with Crippen LogP contribution in [0.4, 0.5) is 11.4 Å². The van der Waals surface area contributed by atoms with E-state index >= 15 is 0 Å². The van der Waals surface area contributed by atoms with Crippen molar-refractivity contribution in [3.8, 4) is 0 Å². The van der Waals surface area contributed by atoms with Gasteiger partial charge in [-0.05, 0) is 74.1 Å². The number of rotatable bonds is 4. The van der Waals surface area contributed by atoms with E-state index in [1.165, 1.54) is 31.0 Å². The van der Waals surface area contributed by atoms with Gasteiger partial charge in [0.25, 0.3) is 10.0 Å². The number of benzene rings is 1. The molecule has 0 aromatic heterocycles. The van der Waals surface area contributed by atoms with Gasteiger partial charge in [-0.25, -0.2) is 16.8 Å². The summed E-state index contributed by atoms with van der Waals surface area (Å²) in [6.45, 7) is 7.92. The summed E-state index contributed by atoms with van der Waals surface area (Å²) < 4.78 is 54.5. The van der Waals surface area contributed by atoms with Gasteiger partial charge in [-0.1, -0.05) is 20.8 Å². The van der Waals surface area contributed by atoms with E-state index in [0.717, 1.165) is 32.1 Å². The third-order valence-corrected chi connectivity index (χ3v) is 10.1. The first kappa shape index (κ1) is 25.5. The predicted octanol–water partition coefficient (Wildman–Crippen LogP) is 3.10. The maximum atomic E-state index is 13.9. The fourth-order valence-corrected chi connectivity index (χ4v) is 8.22. The summed E-state index contributed by atoms with van der Waals surface area (Å²) in [7, 11) is -7.57. The van der Waals surface area contributed by atoms with Gasteiger partial charge in [0.05, 0.1) is 17.5 Å². The van der Waals surface area contributed by atoms with Crippen LogP contribution >= 0.6 is 0 Å². The number of likely N-dealkylation sites (tertiary alicyclic amines) is 1. The summed E-state index contributed by atoms with van der Waals surface area (Å²) in [6, 6.07) is 4.54. The molecule has 2 atom stereocenters. The van der Waals surface area contributed by atoms with Crippen LogP contribution in [0.1, 0.15) is 52.9 Å². The van der Waals surface area contributed by atoms with Crippen LogP contribution in [0.25, 0.3) is 0 Å². The molecule has 2 aliphatic heterocycles. The van der Waals surface area contributed by atoms with E-state index in [9.17, 15) is 21.6 Å². The summed E-state index contributed by atoms with van der Waals surface area (Å²) in [5, 5.41) is 3.14. The number of nitrogens with zero attached hydrogens (tertiary/aromatic N) is 1. The van der Waals surface area contributed by atoms with Crippen LogP contribution in [0.5, 0.6) is 0 Å². The summed E-state index contributed by atoms with van der Waals surface area (Å²) >= 11 is 0. The van der Waals surface area contributed by atoms with Crippen molar-refractivity contribution in [1.29, 1.82) is 0 Å². The minimum absolute atomic E-state index is 0.0606. The molecule has 0 unspecified atom stereocenters. The Hall–Kier alpha value is -2.11. The number of piperidine rings is 1. The lowest BCUT2D eigenvalue weighted by molar-refractivity contribution is -0.135. The fraction of sp³-hybridized carbons (Fsp3) is 0.640. The van der Waals surface area contributed by atoms with Gasteiger partial charge in [0, 0.05) is 24.2 Å². The highest BCUT2D eigenvalue weighted by atomic mass is 32.2. The molecule has 3 N–H and O–H groups in total. The van der Waals surface area contributed by atoms with Crippen LogP contribution in [0.3, 0.4) is 0 Å². The minimum Gasteiger partial charge on any atom is -0.340 e.